The fourth-order valence-electron chi connectivity index (χ4n) is 4.05. The molecule has 0 radical (unpaired) electrons. The van der Waals surface area contributed by atoms with Crippen molar-refractivity contribution in [2.24, 2.45) is 11.7 Å². The molecule has 0 bridgehead atoms. The number of anilines is 1. The summed E-state index contributed by atoms with van der Waals surface area (Å²) < 4.78 is 0. The highest BCUT2D eigenvalue weighted by Crippen LogP contribution is 2.17. The van der Waals surface area contributed by atoms with Gasteiger partial charge in [0.25, 0.3) is 5.56 Å². The summed E-state index contributed by atoms with van der Waals surface area (Å²) in [6.07, 6.45) is 1.79. The second-order valence-electron chi connectivity index (χ2n) is 9.88. The number of hydrogen-bond acceptors (Lipinski definition) is 12. The Bertz CT molecular complexity index is 1600. The number of carbonyl (C=O) groups is 5. The van der Waals surface area contributed by atoms with Crippen LogP contribution in [0.1, 0.15) is 40.9 Å². The predicted octanol–water partition coefficient (Wildman–Crippen LogP) is -0.923. The van der Waals surface area contributed by atoms with Gasteiger partial charge in [0.1, 0.15) is 12.1 Å². The lowest BCUT2D eigenvalue weighted by Gasteiger charge is -2.17. The summed E-state index contributed by atoms with van der Waals surface area (Å²) in [5, 5.41) is 23.2. The number of ketones is 1. The maximum absolute atomic E-state index is 12.8. The van der Waals surface area contributed by atoms with Crippen LogP contribution in [0.25, 0.3) is 11.2 Å². The molecule has 9 N–H and O–H groups in total. The molecule has 3 rings (SSSR count). The van der Waals surface area contributed by atoms with Crippen LogP contribution in [-0.4, -0.2) is 84.1 Å². The fourth-order valence-corrected chi connectivity index (χ4v) is 4.30. The van der Waals surface area contributed by atoms with Gasteiger partial charge in [-0.15, -0.1) is 0 Å². The van der Waals surface area contributed by atoms with Crippen molar-refractivity contribution in [3.8, 4) is 0 Å². The summed E-state index contributed by atoms with van der Waals surface area (Å²) in [7, 11) is 0. The van der Waals surface area contributed by atoms with Crippen molar-refractivity contribution in [3.63, 3.8) is 0 Å². The Hall–Kier alpha value is -4.90. The van der Waals surface area contributed by atoms with E-state index in [1.165, 1.54) is 6.20 Å². The smallest absolute Gasteiger partial charge is 0.327 e. The number of Topliss-reactive ketones (excluding diaryl/α,β-unsaturated/α-hetero) is 1. The minimum atomic E-state index is -1.29. The molecule has 1 aromatic carbocycles. The van der Waals surface area contributed by atoms with Gasteiger partial charge in [-0.05, 0) is 24.8 Å². The van der Waals surface area contributed by atoms with Crippen molar-refractivity contribution in [1.29, 1.82) is 0 Å². The summed E-state index contributed by atoms with van der Waals surface area (Å²) in [6, 6.07) is 4.16. The molecule has 17 heteroatoms. The number of nitrogens with one attached hydrogen (secondary N) is 3. The van der Waals surface area contributed by atoms with E-state index in [1.54, 1.807) is 24.3 Å². The number of benzene rings is 1. The number of amides is 2. The average molecular weight is 629 g/mol. The largest absolute Gasteiger partial charge is 0.481 e. The van der Waals surface area contributed by atoms with Crippen molar-refractivity contribution in [2.75, 3.05) is 18.0 Å². The third kappa shape index (κ3) is 9.56. The van der Waals surface area contributed by atoms with Crippen molar-refractivity contribution in [3.05, 3.63) is 57.6 Å². The van der Waals surface area contributed by atoms with E-state index in [2.05, 4.69) is 43.2 Å². The molecule has 44 heavy (non-hydrogen) atoms. The molecule has 0 saturated heterocycles. The Morgan fingerprint density at radius 2 is 1.73 bits per heavy atom. The van der Waals surface area contributed by atoms with Gasteiger partial charge in [0.05, 0.1) is 17.8 Å². The van der Waals surface area contributed by atoms with E-state index in [0.29, 0.717) is 24.1 Å². The Labute approximate surface area is 255 Å². The highest BCUT2D eigenvalue weighted by Gasteiger charge is 2.25. The molecular formula is C27H32N8O8S. The molecule has 0 unspecified atom stereocenters. The highest BCUT2D eigenvalue weighted by molar-refractivity contribution is 7.80. The zero-order valence-corrected chi connectivity index (χ0v) is 24.3. The molecular weight excluding hydrogens is 596 g/mol. The van der Waals surface area contributed by atoms with Gasteiger partial charge < -0.3 is 32.3 Å². The SMILES string of the molecule is Nc1nc2ncc(CCc3ccc(C(=O)C[C@H](CCC(=O)NC[C@H](N)C(=O)N[C@@H](CS)C(=O)O)C(=O)O)cc3)nc2c(=O)[nH]1. The quantitative estimate of drug-likeness (QED) is 0.0705. The van der Waals surface area contributed by atoms with Gasteiger partial charge in [-0.25, -0.2) is 14.8 Å². The lowest BCUT2D eigenvalue weighted by atomic mass is 9.93. The first-order chi connectivity index (χ1) is 20.9. The first-order valence-corrected chi connectivity index (χ1v) is 14.0. The van der Waals surface area contributed by atoms with Gasteiger partial charge in [0.2, 0.25) is 17.8 Å². The van der Waals surface area contributed by atoms with Gasteiger partial charge in [-0.3, -0.25) is 29.0 Å². The number of hydrogen-bond donors (Lipinski definition) is 8. The summed E-state index contributed by atoms with van der Waals surface area (Å²) in [5.74, 6) is -5.65. The van der Waals surface area contributed by atoms with Crippen molar-refractivity contribution >= 4 is 59.3 Å². The van der Waals surface area contributed by atoms with Crippen LogP contribution in [0.2, 0.25) is 0 Å². The fraction of sp³-hybridized carbons (Fsp3) is 0.370. The normalized spacial score (nSPS) is 13.0. The van der Waals surface area contributed by atoms with Crippen LogP contribution in [-0.2, 0) is 32.0 Å². The molecule has 2 amide bonds. The molecule has 2 heterocycles. The number of nitrogens with zero attached hydrogens (tertiary/aromatic N) is 3. The molecule has 234 valence electrons. The predicted molar refractivity (Wildman–Crippen MR) is 160 cm³/mol. The number of fused-ring (bicyclic) bond motifs is 1. The van der Waals surface area contributed by atoms with E-state index in [-0.39, 0.29) is 48.7 Å². The number of carboxylic acids is 2. The number of aryl methyl sites for hydroxylation is 2. The molecule has 0 aliphatic carbocycles. The first-order valence-electron chi connectivity index (χ1n) is 13.4. The lowest BCUT2D eigenvalue weighted by molar-refractivity contribution is -0.142. The molecule has 3 atom stereocenters. The van der Waals surface area contributed by atoms with E-state index in [0.717, 1.165) is 5.56 Å². The van der Waals surface area contributed by atoms with Crippen LogP contribution in [0.15, 0.2) is 35.3 Å². The van der Waals surface area contributed by atoms with Crippen LogP contribution in [0, 0.1) is 5.92 Å². The summed E-state index contributed by atoms with van der Waals surface area (Å²) in [5.41, 5.74) is 12.7. The number of rotatable bonds is 16. The number of carbonyl (C=O) groups excluding carboxylic acids is 3. The summed E-state index contributed by atoms with van der Waals surface area (Å²) in [6.45, 7) is -0.301. The molecule has 2 aromatic heterocycles. The number of aliphatic carboxylic acids is 2. The third-order valence-electron chi connectivity index (χ3n) is 6.59. The van der Waals surface area contributed by atoms with E-state index in [1.807, 2.05) is 0 Å². The Morgan fingerprint density at radius 3 is 2.36 bits per heavy atom. The van der Waals surface area contributed by atoms with E-state index in [4.69, 9.17) is 16.6 Å². The zero-order valence-electron chi connectivity index (χ0n) is 23.4. The second kappa shape index (κ2) is 15.5. The first kappa shape index (κ1) is 33.6. The number of H-pyrrole nitrogens is 1. The molecule has 0 aliphatic rings. The number of thiol groups is 1. The van der Waals surface area contributed by atoms with Gasteiger partial charge in [0.15, 0.2) is 16.9 Å². The topological polar surface area (TPSA) is 273 Å². The van der Waals surface area contributed by atoms with Gasteiger partial charge in [-0.2, -0.15) is 17.6 Å². The maximum Gasteiger partial charge on any atom is 0.327 e. The minimum absolute atomic E-state index is 0.0531. The monoisotopic (exact) mass is 628 g/mol. The number of aromatic nitrogens is 4. The van der Waals surface area contributed by atoms with Gasteiger partial charge >= 0.3 is 11.9 Å². The zero-order chi connectivity index (χ0) is 32.4. The number of nitrogens with two attached hydrogens (primary N) is 2. The highest BCUT2D eigenvalue weighted by atomic mass is 32.1. The second-order valence-corrected chi connectivity index (χ2v) is 10.2. The molecule has 0 spiro atoms. The van der Waals surface area contributed by atoms with Crippen molar-refractivity contribution in [2.45, 2.75) is 44.2 Å². The van der Waals surface area contributed by atoms with E-state index < -0.39 is 53.1 Å². The molecule has 3 aromatic rings. The Balaban J connectivity index is 1.48. The van der Waals surface area contributed by atoms with Crippen molar-refractivity contribution < 1.29 is 34.2 Å². The van der Waals surface area contributed by atoms with Crippen LogP contribution >= 0.6 is 12.6 Å². The molecule has 0 saturated carbocycles. The number of nitrogen functional groups attached to an aromatic ring is 1. The average Bonchev–Trinajstić information content (AvgIpc) is 2.99. The molecule has 0 aliphatic heterocycles. The van der Waals surface area contributed by atoms with E-state index >= 15 is 0 Å². The molecule has 16 nitrogen and oxygen atoms in total. The minimum Gasteiger partial charge on any atom is -0.481 e. The summed E-state index contributed by atoms with van der Waals surface area (Å²) >= 11 is 3.84. The van der Waals surface area contributed by atoms with Crippen LogP contribution in [0.3, 0.4) is 0 Å². The van der Waals surface area contributed by atoms with Crippen LogP contribution < -0.4 is 27.7 Å². The molecule has 0 fully saturated rings. The standard InChI is InChI=1S/C27H32N8O8S/c28-17(23(38)33-18(12-44)26(42)43)11-30-20(37)8-6-15(25(40)41)9-19(36)14-4-1-13(2-5-14)3-7-16-10-31-22-21(32-16)24(39)35-27(29)34-22/h1-2,4-5,10,15,17-18,44H,3,6-9,11-12,28H2,(H,30,37)(H,33,38)(H,40,41)(H,42,43)(H3,29,31,34,35,39)/t15-,17-,18-/m0/s1. The van der Waals surface area contributed by atoms with Crippen molar-refractivity contribution in [1.82, 2.24) is 30.6 Å². The lowest BCUT2D eigenvalue weighted by Crippen LogP contribution is -2.53. The van der Waals surface area contributed by atoms with Gasteiger partial charge in [0, 0.05) is 30.7 Å². The Morgan fingerprint density at radius 1 is 1.02 bits per heavy atom. The summed E-state index contributed by atoms with van der Waals surface area (Å²) in [4.78, 5) is 86.6. The number of aromatic amines is 1. The number of carboxylic acid groups (broad SMARTS) is 2. The van der Waals surface area contributed by atoms with Crippen LogP contribution in [0.5, 0.6) is 0 Å². The van der Waals surface area contributed by atoms with E-state index in [9.17, 15) is 33.9 Å². The van der Waals surface area contributed by atoms with Gasteiger partial charge in [-0.1, -0.05) is 24.3 Å². The van der Waals surface area contributed by atoms with Crippen LogP contribution in [0.4, 0.5) is 5.95 Å². The Kier molecular flexibility index (Phi) is 11.9. The maximum atomic E-state index is 12.8. The third-order valence-corrected chi connectivity index (χ3v) is 6.95.